The Hall–Kier alpha value is -2.35. The van der Waals surface area contributed by atoms with Crippen LogP contribution in [0.3, 0.4) is 0 Å². The lowest BCUT2D eigenvalue weighted by Gasteiger charge is -2.12. The lowest BCUT2D eigenvalue weighted by molar-refractivity contribution is -0.117. The van der Waals surface area contributed by atoms with E-state index in [1.54, 1.807) is 6.08 Å². The van der Waals surface area contributed by atoms with E-state index < -0.39 is 0 Å². The zero-order valence-corrected chi connectivity index (χ0v) is 11.8. The van der Waals surface area contributed by atoms with Crippen molar-refractivity contribution in [3.8, 4) is 0 Å². The van der Waals surface area contributed by atoms with Crippen LogP contribution in [-0.2, 0) is 4.79 Å². The lowest BCUT2D eigenvalue weighted by atomic mass is 10.1. The maximum absolute atomic E-state index is 11.9. The van der Waals surface area contributed by atoms with Crippen molar-refractivity contribution >= 4 is 12.0 Å². The van der Waals surface area contributed by atoms with Gasteiger partial charge in [0.1, 0.15) is 0 Å². The molecule has 1 atom stereocenters. The Balaban J connectivity index is 1.94. The molecule has 20 heavy (non-hydrogen) atoms. The van der Waals surface area contributed by atoms with Crippen molar-refractivity contribution in [1.29, 1.82) is 0 Å². The van der Waals surface area contributed by atoms with Gasteiger partial charge < -0.3 is 5.32 Å². The van der Waals surface area contributed by atoms with Crippen LogP contribution < -0.4 is 5.32 Å². The molecule has 0 heterocycles. The fourth-order valence-electron chi connectivity index (χ4n) is 1.94. The molecule has 2 heteroatoms. The molecule has 0 fully saturated rings. The number of amides is 1. The number of carbonyl (C=O) groups is 1. The van der Waals surface area contributed by atoms with Crippen LogP contribution in [0.5, 0.6) is 0 Å². The van der Waals surface area contributed by atoms with Gasteiger partial charge in [-0.3, -0.25) is 4.79 Å². The van der Waals surface area contributed by atoms with Crippen molar-refractivity contribution in [3.63, 3.8) is 0 Å². The summed E-state index contributed by atoms with van der Waals surface area (Å²) in [5.41, 5.74) is 3.34. The van der Waals surface area contributed by atoms with Crippen LogP contribution in [0.4, 0.5) is 0 Å². The summed E-state index contributed by atoms with van der Waals surface area (Å²) >= 11 is 0. The topological polar surface area (TPSA) is 29.1 Å². The Kier molecular flexibility index (Phi) is 4.72. The first kappa shape index (κ1) is 14.1. The number of benzene rings is 2. The predicted molar refractivity (Wildman–Crippen MR) is 83.2 cm³/mol. The van der Waals surface area contributed by atoms with Crippen molar-refractivity contribution in [2.24, 2.45) is 0 Å². The van der Waals surface area contributed by atoms with E-state index in [9.17, 15) is 4.79 Å². The van der Waals surface area contributed by atoms with Crippen molar-refractivity contribution in [2.45, 2.75) is 19.9 Å². The fourth-order valence-corrected chi connectivity index (χ4v) is 1.94. The Bertz CT molecular complexity index is 585. The van der Waals surface area contributed by atoms with Crippen molar-refractivity contribution in [2.75, 3.05) is 0 Å². The maximum Gasteiger partial charge on any atom is 0.244 e. The number of hydrogen-bond acceptors (Lipinski definition) is 1. The summed E-state index contributed by atoms with van der Waals surface area (Å²) in [6.07, 6.45) is 3.40. The molecule has 0 aliphatic heterocycles. The Labute approximate surface area is 120 Å². The molecule has 0 aromatic heterocycles. The SMILES string of the molecule is Cc1ccc(/C=C/C(=O)N[C@H](C)c2ccccc2)cc1. The summed E-state index contributed by atoms with van der Waals surface area (Å²) in [5.74, 6) is -0.0815. The van der Waals surface area contributed by atoms with Gasteiger partial charge in [-0.15, -0.1) is 0 Å². The van der Waals surface area contributed by atoms with E-state index in [1.807, 2.05) is 74.5 Å². The summed E-state index contributed by atoms with van der Waals surface area (Å²) in [4.78, 5) is 11.9. The van der Waals surface area contributed by atoms with Gasteiger partial charge in [-0.05, 0) is 31.1 Å². The zero-order valence-electron chi connectivity index (χ0n) is 11.8. The maximum atomic E-state index is 11.9. The lowest BCUT2D eigenvalue weighted by Crippen LogP contribution is -2.24. The largest absolute Gasteiger partial charge is 0.346 e. The second-order valence-electron chi connectivity index (χ2n) is 4.88. The van der Waals surface area contributed by atoms with Gasteiger partial charge >= 0.3 is 0 Å². The predicted octanol–water partition coefficient (Wildman–Crippen LogP) is 3.89. The highest BCUT2D eigenvalue weighted by Gasteiger charge is 2.06. The average Bonchev–Trinajstić information content (AvgIpc) is 2.47. The van der Waals surface area contributed by atoms with E-state index in [0.29, 0.717) is 0 Å². The van der Waals surface area contributed by atoms with Crippen molar-refractivity contribution < 1.29 is 4.79 Å². The van der Waals surface area contributed by atoms with E-state index >= 15 is 0 Å². The van der Waals surface area contributed by atoms with Crippen LogP contribution in [0, 0.1) is 6.92 Å². The molecular formula is C18H19NO. The van der Waals surface area contributed by atoms with E-state index in [2.05, 4.69) is 5.32 Å². The van der Waals surface area contributed by atoms with Gasteiger partial charge in [-0.1, -0.05) is 60.2 Å². The van der Waals surface area contributed by atoms with E-state index in [-0.39, 0.29) is 11.9 Å². The van der Waals surface area contributed by atoms with E-state index in [1.165, 1.54) is 5.56 Å². The highest BCUT2D eigenvalue weighted by Crippen LogP contribution is 2.11. The standard InChI is InChI=1S/C18H19NO/c1-14-8-10-16(11-9-14)12-13-18(20)19-15(2)17-6-4-3-5-7-17/h3-13,15H,1-2H3,(H,19,20)/b13-12+/t15-/m1/s1. The molecule has 0 saturated heterocycles. The highest BCUT2D eigenvalue weighted by molar-refractivity contribution is 5.91. The quantitative estimate of drug-likeness (QED) is 0.835. The third-order valence-electron chi connectivity index (χ3n) is 3.16. The monoisotopic (exact) mass is 265 g/mol. The van der Waals surface area contributed by atoms with Gasteiger partial charge in [0.15, 0.2) is 0 Å². The van der Waals surface area contributed by atoms with Crippen LogP contribution in [0.2, 0.25) is 0 Å². The molecule has 0 saturated carbocycles. The molecule has 0 unspecified atom stereocenters. The molecule has 2 aromatic carbocycles. The first-order valence-electron chi connectivity index (χ1n) is 6.75. The van der Waals surface area contributed by atoms with E-state index in [4.69, 9.17) is 0 Å². The van der Waals surface area contributed by atoms with Gasteiger partial charge in [0.05, 0.1) is 6.04 Å². The zero-order chi connectivity index (χ0) is 14.4. The second kappa shape index (κ2) is 6.71. The van der Waals surface area contributed by atoms with Gasteiger partial charge in [0, 0.05) is 6.08 Å². The van der Waals surface area contributed by atoms with Crippen LogP contribution in [0.1, 0.15) is 29.7 Å². The molecule has 102 valence electrons. The number of rotatable bonds is 4. The number of carbonyl (C=O) groups excluding carboxylic acids is 1. The molecule has 0 spiro atoms. The molecule has 2 nitrogen and oxygen atoms in total. The average molecular weight is 265 g/mol. The van der Waals surface area contributed by atoms with Crippen LogP contribution >= 0.6 is 0 Å². The second-order valence-corrected chi connectivity index (χ2v) is 4.88. The third-order valence-corrected chi connectivity index (χ3v) is 3.16. The Morgan fingerprint density at radius 3 is 2.35 bits per heavy atom. The number of nitrogens with one attached hydrogen (secondary N) is 1. The van der Waals surface area contributed by atoms with Crippen LogP contribution in [0.15, 0.2) is 60.7 Å². The Morgan fingerprint density at radius 2 is 1.70 bits per heavy atom. The highest BCUT2D eigenvalue weighted by atomic mass is 16.1. The first-order valence-corrected chi connectivity index (χ1v) is 6.75. The summed E-state index contributed by atoms with van der Waals surface area (Å²) in [7, 11) is 0. The van der Waals surface area contributed by atoms with Crippen molar-refractivity contribution in [3.05, 3.63) is 77.4 Å². The third kappa shape index (κ3) is 4.09. The van der Waals surface area contributed by atoms with E-state index in [0.717, 1.165) is 11.1 Å². The minimum Gasteiger partial charge on any atom is -0.346 e. The summed E-state index contributed by atoms with van der Waals surface area (Å²) < 4.78 is 0. The van der Waals surface area contributed by atoms with Crippen LogP contribution in [0.25, 0.3) is 6.08 Å². The molecule has 2 aromatic rings. The molecule has 2 rings (SSSR count). The van der Waals surface area contributed by atoms with Gasteiger partial charge in [-0.2, -0.15) is 0 Å². The molecule has 1 N–H and O–H groups in total. The minimum atomic E-state index is -0.0815. The van der Waals surface area contributed by atoms with Crippen LogP contribution in [-0.4, -0.2) is 5.91 Å². The van der Waals surface area contributed by atoms with Gasteiger partial charge in [0.2, 0.25) is 5.91 Å². The molecule has 0 aliphatic rings. The molecule has 1 amide bonds. The number of aryl methyl sites for hydroxylation is 1. The fraction of sp³-hybridized carbons (Fsp3) is 0.167. The van der Waals surface area contributed by atoms with Gasteiger partial charge in [0.25, 0.3) is 0 Å². The molecular weight excluding hydrogens is 246 g/mol. The molecule has 0 bridgehead atoms. The molecule has 0 aliphatic carbocycles. The van der Waals surface area contributed by atoms with Crippen molar-refractivity contribution in [1.82, 2.24) is 5.32 Å². The smallest absolute Gasteiger partial charge is 0.244 e. The normalized spacial score (nSPS) is 12.3. The minimum absolute atomic E-state index is 0.00590. The van der Waals surface area contributed by atoms with Gasteiger partial charge in [-0.25, -0.2) is 0 Å². The number of hydrogen-bond donors (Lipinski definition) is 1. The summed E-state index contributed by atoms with van der Waals surface area (Å²) in [6, 6.07) is 18.0. The first-order chi connectivity index (χ1) is 9.65. The summed E-state index contributed by atoms with van der Waals surface area (Å²) in [5, 5.41) is 2.95. The Morgan fingerprint density at radius 1 is 1.05 bits per heavy atom. The summed E-state index contributed by atoms with van der Waals surface area (Å²) in [6.45, 7) is 4.02. The molecule has 0 radical (unpaired) electrons.